The molecular weight excluding hydrogens is 370 g/mol. The summed E-state index contributed by atoms with van der Waals surface area (Å²) in [5.41, 5.74) is -0.452. The molecule has 8 nitrogen and oxygen atoms in total. The van der Waals surface area contributed by atoms with E-state index in [1.54, 1.807) is 4.90 Å². The number of carbonyl (C=O) groups excluding carboxylic acids is 2. The van der Waals surface area contributed by atoms with Crippen molar-refractivity contribution in [2.45, 2.75) is 65.4 Å². The number of piperidine rings is 1. The molecule has 0 radical (unpaired) electrons. The average molecular weight is 410 g/mol. The van der Waals surface area contributed by atoms with E-state index in [0.717, 1.165) is 77.5 Å². The van der Waals surface area contributed by atoms with Gasteiger partial charge in [0.15, 0.2) is 5.96 Å². The first-order valence-corrected chi connectivity index (χ1v) is 11.1. The fourth-order valence-corrected chi connectivity index (χ4v) is 3.60. The highest BCUT2D eigenvalue weighted by atomic mass is 16.6. The van der Waals surface area contributed by atoms with Crippen LogP contribution in [0, 0.1) is 5.92 Å². The Bertz CT molecular complexity index is 565. The zero-order valence-corrected chi connectivity index (χ0v) is 18.6. The number of hydrogen-bond acceptors (Lipinski definition) is 4. The second-order valence-corrected chi connectivity index (χ2v) is 8.90. The third kappa shape index (κ3) is 8.50. The van der Waals surface area contributed by atoms with Crippen LogP contribution in [0.5, 0.6) is 0 Å². The molecule has 0 saturated carbocycles. The molecule has 0 spiro atoms. The van der Waals surface area contributed by atoms with Crippen molar-refractivity contribution >= 4 is 18.0 Å². The zero-order chi connectivity index (χ0) is 21.3. The SMILES string of the molecule is CCNC(=NCC1CCN(C(=O)OC(C)(C)C)CC1)NCCCN1CCCC1=O. The summed E-state index contributed by atoms with van der Waals surface area (Å²) in [7, 11) is 0. The molecule has 0 aliphatic carbocycles. The lowest BCUT2D eigenvalue weighted by atomic mass is 9.97. The highest BCUT2D eigenvalue weighted by molar-refractivity contribution is 5.79. The predicted octanol–water partition coefficient (Wildman–Crippen LogP) is 2.20. The minimum Gasteiger partial charge on any atom is -0.444 e. The van der Waals surface area contributed by atoms with Gasteiger partial charge in [0.2, 0.25) is 5.91 Å². The first-order valence-electron chi connectivity index (χ1n) is 11.1. The Labute approximate surface area is 175 Å². The van der Waals surface area contributed by atoms with E-state index in [-0.39, 0.29) is 12.0 Å². The van der Waals surface area contributed by atoms with E-state index < -0.39 is 5.60 Å². The van der Waals surface area contributed by atoms with Crippen molar-refractivity contribution < 1.29 is 14.3 Å². The molecule has 29 heavy (non-hydrogen) atoms. The lowest BCUT2D eigenvalue weighted by Gasteiger charge is -2.33. The average Bonchev–Trinajstić information content (AvgIpc) is 3.07. The molecule has 2 fully saturated rings. The predicted molar refractivity (Wildman–Crippen MR) is 115 cm³/mol. The lowest BCUT2D eigenvalue weighted by molar-refractivity contribution is -0.127. The molecule has 2 saturated heterocycles. The van der Waals surface area contributed by atoms with E-state index in [1.165, 1.54) is 0 Å². The normalized spacial score (nSPS) is 18.9. The molecule has 0 atom stereocenters. The summed E-state index contributed by atoms with van der Waals surface area (Å²) in [5.74, 6) is 1.59. The van der Waals surface area contributed by atoms with Crippen molar-refractivity contribution in [3.05, 3.63) is 0 Å². The summed E-state index contributed by atoms with van der Waals surface area (Å²) in [4.78, 5) is 32.3. The maximum absolute atomic E-state index is 12.2. The topological polar surface area (TPSA) is 86.3 Å². The number of likely N-dealkylation sites (tertiary alicyclic amines) is 2. The van der Waals surface area contributed by atoms with Gasteiger partial charge in [0, 0.05) is 52.2 Å². The molecule has 2 N–H and O–H groups in total. The van der Waals surface area contributed by atoms with Gasteiger partial charge in [-0.1, -0.05) is 0 Å². The number of hydrogen-bond donors (Lipinski definition) is 2. The Balaban J connectivity index is 1.68. The van der Waals surface area contributed by atoms with Gasteiger partial charge < -0.3 is 25.2 Å². The zero-order valence-electron chi connectivity index (χ0n) is 18.6. The van der Waals surface area contributed by atoms with Crippen LogP contribution in [0.15, 0.2) is 4.99 Å². The van der Waals surface area contributed by atoms with Gasteiger partial charge in [-0.05, 0) is 59.3 Å². The molecule has 2 rings (SSSR count). The van der Waals surface area contributed by atoms with Gasteiger partial charge in [-0.2, -0.15) is 0 Å². The van der Waals surface area contributed by atoms with Crippen molar-refractivity contribution in [1.29, 1.82) is 0 Å². The molecule has 0 aromatic rings. The summed E-state index contributed by atoms with van der Waals surface area (Å²) in [5, 5.41) is 6.65. The number of aliphatic imine (C=N–C) groups is 1. The van der Waals surface area contributed by atoms with E-state index in [2.05, 4.69) is 17.6 Å². The summed E-state index contributed by atoms with van der Waals surface area (Å²) >= 11 is 0. The molecule has 2 amide bonds. The van der Waals surface area contributed by atoms with Crippen molar-refractivity contribution in [2.24, 2.45) is 10.9 Å². The van der Waals surface area contributed by atoms with Crippen LogP contribution in [0.4, 0.5) is 4.79 Å². The molecular formula is C21H39N5O3. The first kappa shape index (κ1) is 23.3. The Morgan fingerprint density at radius 2 is 1.93 bits per heavy atom. The molecule has 2 aliphatic rings. The Morgan fingerprint density at radius 1 is 1.21 bits per heavy atom. The molecule has 0 aromatic carbocycles. The van der Waals surface area contributed by atoms with Gasteiger partial charge in [0.05, 0.1) is 0 Å². The van der Waals surface area contributed by atoms with Crippen LogP contribution in [-0.2, 0) is 9.53 Å². The van der Waals surface area contributed by atoms with Gasteiger partial charge in [0.1, 0.15) is 5.60 Å². The van der Waals surface area contributed by atoms with Crippen LogP contribution in [0.25, 0.3) is 0 Å². The fraction of sp³-hybridized carbons (Fsp3) is 0.857. The van der Waals surface area contributed by atoms with Crippen LogP contribution in [0.3, 0.4) is 0 Å². The number of ether oxygens (including phenoxy) is 1. The minimum absolute atomic E-state index is 0.217. The first-order chi connectivity index (χ1) is 13.8. The number of rotatable bonds is 7. The molecule has 8 heteroatoms. The Hall–Kier alpha value is -1.99. The Morgan fingerprint density at radius 3 is 2.52 bits per heavy atom. The smallest absolute Gasteiger partial charge is 0.410 e. The van der Waals surface area contributed by atoms with E-state index in [4.69, 9.17) is 9.73 Å². The quantitative estimate of drug-likeness (QED) is 0.382. The molecule has 2 heterocycles. The van der Waals surface area contributed by atoms with Crippen molar-refractivity contribution in [3.8, 4) is 0 Å². The van der Waals surface area contributed by atoms with Gasteiger partial charge in [-0.3, -0.25) is 9.79 Å². The van der Waals surface area contributed by atoms with Crippen molar-refractivity contribution in [2.75, 3.05) is 45.8 Å². The second-order valence-electron chi connectivity index (χ2n) is 8.90. The van der Waals surface area contributed by atoms with E-state index in [0.29, 0.717) is 12.3 Å². The number of nitrogens with zero attached hydrogens (tertiary/aromatic N) is 3. The summed E-state index contributed by atoms with van der Waals surface area (Å²) in [6, 6.07) is 0. The van der Waals surface area contributed by atoms with E-state index >= 15 is 0 Å². The van der Waals surface area contributed by atoms with Gasteiger partial charge in [0.25, 0.3) is 0 Å². The second kappa shape index (κ2) is 11.3. The maximum atomic E-state index is 12.2. The maximum Gasteiger partial charge on any atom is 0.410 e. The fourth-order valence-electron chi connectivity index (χ4n) is 3.60. The molecule has 2 aliphatic heterocycles. The number of guanidine groups is 1. The summed E-state index contributed by atoms with van der Waals surface area (Å²) < 4.78 is 5.46. The molecule has 0 unspecified atom stereocenters. The van der Waals surface area contributed by atoms with Crippen molar-refractivity contribution in [3.63, 3.8) is 0 Å². The van der Waals surface area contributed by atoms with Gasteiger partial charge in [-0.15, -0.1) is 0 Å². The summed E-state index contributed by atoms with van der Waals surface area (Å²) in [6.07, 6.45) is 4.28. The standard InChI is InChI=1S/C21H39N5O3/c1-5-22-19(23-11-7-13-25-12-6-8-18(25)27)24-16-17-9-14-26(15-10-17)20(28)29-21(2,3)4/h17H,5-16H2,1-4H3,(H2,22,23,24). The van der Waals surface area contributed by atoms with Gasteiger partial charge >= 0.3 is 6.09 Å². The highest BCUT2D eigenvalue weighted by Crippen LogP contribution is 2.20. The minimum atomic E-state index is -0.452. The van der Waals surface area contributed by atoms with Crippen LogP contribution >= 0.6 is 0 Å². The van der Waals surface area contributed by atoms with Crippen LogP contribution in [-0.4, -0.2) is 79.2 Å². The number of nitrogens with one attached hydrogen (secondary N) is 2. The van der Waals surface area contributed by atoms with E-state index in [1.807, 2.05) is 25.7 Å². The van der Waals surface area contributed by atoms with Gasteiger partial charge in [-0.25, -0.2) is 4.79 Å². The molecule has 0 bridgehead atoms. The van der Waals surface area contributed by atoms with E-state index in [9.17, 15) is 9.59 Å². The monoisotopic (exact) mass is 409 g/mol. The number of amides is 2. The largest absolute Gasteiger partial charge is 0.444 e. The Kier molecular flexibility index (Phi) is 9.04. The highest BCUT2D eigenvalue weighted by Gasteiger charge is 2.26. The molecule has 166 valence electrons. The van der Waals surface area contributed by atoms with Crippen LogP contribution in [0.2, 0.25) is 0 Å². The summed E-state index contributed by atoms with van der Waals surface area (Å²) in [6.45, 7) is 13.3. The molecule has 0 aromatic heterocycles. The third-order valence-corrected chi connectivity index (χ3v) is 5.19. The third-order valence-electron chi connectivity index (χ3n) is 5.19. The van der Waals surface area contributed by atoms with Crippen molar-refractivity contribution in [1.82, 2.24) is 20.4 Å². The van der Waals surface area contributed by atoms with Crippen LogP contribution < -0.4 is 10.6 Å². The number of carbonyl (C=O) groups is 2. The van der Waals surface area contributed by atoms with Crippen LogP contribution in [0.1, 0.15) is 59.8 Å². The lowest BCUT2D eigenvalue weighted by Crippen LogP contribution is -2.42.